The van der Waals surface area contributed by atoms with Gasteiger partial charge in [-0.1, -0.05) is 12.1 Å². The van der Waals surface area contributed by atoms with Crippen LogP contribution in [-0.2, 0) is 13.1 Å². The van der Waals surface area contributed by atoms with Crippen molar-refractivity contribution in [2.75, 3.05) is 20.8 Å². The Morgan fingerprint density at radius 1 is 1.07 bits per heavy atom. The zero-order valence-corrected chi connectivity index (χ0v) is 17.2. The highest BCUT2D eigenvalue weighted by Gasteiger charge is 2.30. The van der Waals surface area contributed by atoms with Gasteiger partial charge in [-0.25, -0.2) is 0 Å². The second-order valence-electron chi connectivity index (χ2n) is 7.38. The van der Waals surface area contributed by atoms with Gasteiger partial charge >= 0.3 is 0 Å². The first-order valence-electron chi connectivity index (χ1n) is 9.95. The SMILES string of the molecule is COc1ccc(OC)c(C2c3cccn3CCCN2Cc2ccc([N+](=O)[O-])cc2)c1. The van der Waals surface area contributed by atoms with E-state index in [0.29, 0.717) is 6.54 Å². The van der Waals surface area contributed by atoms with Crippen LogP contribution in [-0.4, -0.2) is 35.2 Å². The topological polar surface area (TPSA) is 69.8 Å². The lowest BCUT2D eigenvalue weighted by molar-refractivity contribution is -0.384. The van der Waals surface area contributed by atoms with Crippen LogP contribution in [0, 0.1) is 10.1 Å². The highest BCUT2D eigenvalue weighted by Crippen LogP contribution is 2.39. The lowest BCUT2D eigenvalue weighted by atomic mass is 9.99. The standard InChI is InChI=1S/C23H25N3O4/c1-29-19-10-11-22(30-2)20(15-19)23-21-5-3-12-24(21)13-4-14-25(23)16-17-6-8-18(9-7-17)26(27)28/h3,5-12,15,23H,4,13-14,16H2,1-2H3. The highest BCUT2D eigenvalue weighted by atomic mass is 16.6. The van der Waals surface area contributed by atoms with Gasteiger partial charge in [-0.05, 0) is 42.3 Å². The van der Waals surface area contributed by atoms with Crippen molar-refractivity contribution in [2.45, 2.75) is 25.6 Å². The minimum atomic E-state index is -0.369. The maximum atomic E-state index is 11.0. The largest absolute Gasteiger partial charge is 0.497 e. The van der Waals surface area contributed by atoms with Gasteiger partial charge in [0.1, 0.15) is 11.5 Å². The molecular weight excluding hydrogens is 382 g/mol. The van der Waals surface area contributed by atoms with Gasteiger partial charge in [-0.15, -0.1) is 0 Å². The van der Waals surface area contributed by atoms with Crippen molar-refractivity contribution in [2.24, 2.45) is 0 Å². The summed E-state index contributed by atoms with van der Waals surface area (Å²) < 4.78 is 13.5. The zero-order chi connectivity index (χ0) is 21.1. The molecule has 3 aromatic rings. The van der Waals surface area contributed by atoms with E-state index in [2.05, 4.69) is 27.8 Å². The van der Waals surface area contributed by atoms with Crippen LogP contribution >= 0.6 is 0 Å². The van der Waals surface area contributed by atoms with E-state index in [0.717, 1.165) is 42.1 Å². The summed E-state index contributed by atoms with van der Waals surface area (Å²) in [7, 11) is 3.34. The van der Waals surface area contributed by atoms with Crippen molar-refractivity contribution in [3.8, 4) is 11.5 Å². The number of nitro benzene ring substituents is 1. The van der Waals surface area contributed by atoms with Crippen molar-refractivity contribution in [3.63, 3.8) is 0 Å². The number of hydrogen-bond donors (Lipinski definition) is 0. The Kier molecular flexibility index (Phi) is 5.72. The molecule has 1 unspecified atom stereocenters. The third-order valence-corrected chi connectivity index (χ3v) is 5.62. The normalized spacial score (nSPS) is 16.5. The Morgan fingerprint density at radius 3 is 2.57 bits per heavy atom. The molecule has 30 heavy (non-hydrogen) atoms. The van der Waals surface area contributed by atoms with Gasteiger partial charge in [-0.2, -0.15) is 0 Å². The summed E-state index contributed by atoms with van der Waals surface area (Å²) in [4.78, 5) is 13.0. The molecule has 0 saturated carbocycles. The fraction of sp³-hybridized carbons (Fsp3) is 0.304. The number of hydrogen-bond acceptors (Lipinski definition) is 5. The maximum Gasteiger partial charge on any atom is 0.269 e. The molecule has 2 heterocycles. The Labute approximate surface area is 175 Å². The van der Waals surface area contributed by atoms with Gasteiger partial charge < -0.3 is 14.0 Å². The molecule has 0 N–H and O–H groups in total. The molecule has 0 aliphatic carbocycles. The molecule has 4 rings (SSSR count). The van der Waals surface area contributed by atoms with Crippen LogP contribution in [0.2, 0.25) is 0 Å². The van der Waals surface area contributed by atoms with E-state index in [-0.39, 0.29) is 16.7 Å². The number of benzene rings is 2. The van der Waals surface area contributed by atoms with Crippen LogP contribution in [0.4, 0.5) is 5.69 Å². The van der Waals surface area contributed by atoms with Gasteiger partial charge in [0, 0.05) is 49.2 Å². The molecule has 1 aromatic heterocycles. The zero-order valence-electron chi connectivity index (χ0n) is 17.2. The van der Waals surface area contributed by atoms with Gasteiger partial charge in [0.05, 0.1) is 25.2 Å². The molecule has 1 atom stereocenters. The van der Waals surface area contributed by atoms with E-state index in [1.165, 1.54) is 5.69 Å². The predicted molar refractivity (Wildman–Crippen MR) is 114 cm³/mol. The van der Waals surface area contributed by atoms with E-state index in [1.807, 2.05) is 30.3 Å². The number of nitrogens with zero attached hydrogens (tertiary/aromatic N) is 3. The number of fused-ring (bicyclic) bond motifs is 1. The molecule has 0 spiro atoms. The van der Waals surface area contributed by atoms with E-state index in [9.17, 15) is 10.1 Å². The third kappa shape index (κ3) is 3.89. The van der Waals surface area contributed by atoms with Crippen LogP contribution in [0.25, 0.3) is 0 Å². The molecule has 7 nitrogen and oxygen atoms in total. The average Bonchev–Trinajstić information content (AvgIpc) is 3.15. The fourth-order valence-electron chi connectivity index (χ4n) is 4.18. The van der Waals surface area contributed by atoms with E-state index >= 15 is 0 Å². The van der Waals surface area contributed by atoms with Crippen LogP contribution in [0.1, 0.15) is 29.3 Å². The summed E-state index contributed by atoms with van der Waals surface area (Å²) in [6, 6.07) is 16.9. The Bertz CT molecular complexity index is 1030. The van der Waals surface area contributed by atoms with E-state index in [4.69, 9.17) is 9.47 Å². The second-order valence-corrected chi connectivity index (χ2v) is 7.38. The van der Waals surface area contributed by atoms with Gasteiger partial charge in [0.2, 0.25) is 0 Å². The molecule has 2 aromatic carbocycles. The monoisotopic (exact) mass is 407 g/mol. The van der Waals surface area contributed by atoms with E-state index < -0.39 is 0 Å². The first-order chi connectivity index (χ1) is 14.6. The van der Waals surface area contributed by atoms with Crippen LogP contribution < -0.4 is 9.47 Å². The third-order valence-electron chi connectivity index (χ3n) is 5.62. The highest BCUT2D eigenvalue weighted by molar-refractivity contribution is 5.46. The molecule has 1 aliphatic rings. The summed E-state index contributed by atoms with van der Waals surface area (Å²) in [5, 5.41) is 11.0. The molecule has 7 heteroatoms. The summed E-state index contributed by atoms with van der Waals surface area (Å²) in [6.07, 6.45) is 3.13. The lowest BCUT2D eigenvalue weighted by Gasteiger charge is -2.31. The average molecular weight is 407 g/mol. The van der Waals surface area contributed by atoms with Crippen molar-refractivity contribution < 1.29 is 14.4 Å². The quantitative estimate of drug-likeness (QED) is 0.447. The van der Waals surface area contributed by atoms with Gasteiger partial charge in [0.25, 0.3) is 5.69 Å². The maximum absolute atomic E-state index is 11.0. The van der Waals surface area contributed by atoms with Gasteiger partial charge in [-0.3, -0.25) is 15.0 Å². The van der Waals surface area contributed by atoms with Crippen molar-refractivity contribution in [1.29, 1.82) is 0 Å². The number of non-ortho nitro benzene ring substituents is 1. The predicted octanol–water partition coefficient (Wildman–Crippen LogP) is 4.41. The Morgan fingerprint density at radius 2 is 1.87 bits per heavy atom. The first-order valence-corrected chi connectivity index (χ1v) is 9.95. The van der Waals surface area contributed by atoms with Crippen LogP contribution in [0.3, 0.4) is 0 Å². The molecular formula is C23H25N3O4. The summed E-state index contributed by atoms with van der Waals surface area (Å²) in [5.74, 6) is 1.59. The minimum Gasteiger partial charge on any atom is -0.497 e. The first kappa shape index (κ1) is 20.0. The summed E-state index contributed by atoms with van der Waals surface area (Å²) in [5.41, 5.74) is 3.38. The molecule has 1 aliphatic heterocycles. The second kappa shape index (κ2) is 8.59. The van der Waals surface area contributed by atoms with Crippen LogP contribution in [0.5, 0.6) is 11.5 Å². The number of nitro groups is 1. The lowest BCUT2D eigenvalue weighted by Crippen LogP contribution is -2.29. The molecule has 0 amide bonds. The minimum absolute atomic E-state index is 0.0252. The molecule has 0 radical (unpaired) electrons. The molecule has 0 fully saturated rings. The van der Waals surface area contributed by atoms with E-state index in [1.54, 1.807) is 26.4 Å². The molecule has 0 saturated heterocycles. The van der Waals surface area contributed by atoms with Crippen molar-refractivity contribution >= 4 is 5.69 Å². The van der Waals surface area contributed by atoms with Crippen LogP contribution in [0.15, 0.2) is 60.8 Å². The molecule has 156 valence electrons. The number of aryl methyl sites for hydroxylation is 1. The number of aromatic nitrogens is 1. The smallest absolute Gasteiger partial charge is 0.269 e. The Hall–Kier alpha value is -3.32. The summed E-state index contributed by atoms with van der Waals surface area (Å²) >= 11 is 0. The molecule has 0 bridgehead atoms. The fourth-order valence-corrected chi connectivity index (χ4v) is 4.18. The number of ether oxygens (including phenoxy) is 2. The van der Waals surface area contributed by atoms with Gasteiger partial charge in [0.15, 0.2) is 0 Å². The number of rotatable bonds is 6. The van der Waals surface area contributed by atoms with Crippen molar-refractivity contribution in [1.82, 2.24) is 9.47 Å². The number of methoxy groups -OCH3 is 2. The Balaban J connectivity index is 1.76. The van der Waals surface area contributed by atoms with Crippen molar-refractivity contribution in [3.05, 3.63) is 87.7 Å². The summed E-state index contributed by atoms with van der Waals surface area (Å²) in [6.45, 7) is 2.51.